The van der Waals surface area contributed by atoms with E-state index in [0.29, 0.717) is 12.5 Å². The van der Waals surface area contributed by atoms with Gasteiger partial charge in [0.15, 0.2) is 0 Å². The van der Waals surface area contributed by atoms with E-state index in [9.17, 15) is 4.79 Å². The number of amides is 1. The fraction of sp³-hybridized carbons (Fsp3) is 0.588. The Morgan fingerprint density at radius 3 is 2.67 bits per heavy atom. The van der Waals surface area contributed by atoms with Crippen LogP contribution in [0.1, 0.15) is 25.7 Å². The van der Waals surface area contributed by atoms with Crippen LogP contribution in [0, 0.1) is 5.92 Å². The van der Waals surface area contributed by atoms with E-state index in [-0.39, 0.29) is 5.91 Å². The van der Waals surface area contributed by atoms with E-state index in [0.717, 1.165) is 36.8 Å². The van der Waals surface area contributed by atoms with Gasteiger partial charge in [-0.3, -0.25) is 4.79 Å². The molecule has 2 bridgehead atoms. The predicted molar refractivity (Wildman–Crippen MR) is 84.6 cm³/mol. The molecule has 4 saturated heterocycles. The van der Waals surface area contributed by atoms with Gasteiger partial charge in [0, 0.05) is 36.9 Å². The van der Waals surface area contributed by atoms with Crippen LogP contribution in [0.15, 0.2) is 24.3 Å². The molecule has 21 heavy (non-hydrogen) atoms. The number of hydrogen-bond donors (Lipinski definition) is 1. The third kappa shape index (κ3) is 2.53. The van der Waals surface area contributed by atoms with Gasteiger partial charge >= 0.3 is 0 Å². The third-order valence-corrected chi connectivity index (χ3v) is 5.24. The van der Waals surface area contributed by atoms with Gasteiger partial charge in [0.25, 0.3) is 0 Å². The molecule has 4 heterocycles. The van der Waals surface area contributed by atoms with Gasteiger partial charge in [-0.2, -0.15) is 0 Å². The number of nitrogens with one attached hydrogen (secondary N) is 1. The summed E-state index contributed by atoms with van der Waals surface area (Å²) in [6.07, 6.45) is 4.32. The van der Waals surface area contributed by atoms with Gasteiger partial charge in [0.1, 0.15) is 0 Å². The van der Waals surface area contributed by atoms with Crippen LogP contribution in [0.25, 0.3) is 0 Å². The maximum absolute atomic E-state index is 11.9. The Balaban J connectivity index is 1.49. The lowest BCUT2D eigenvalue weighted by Gasteiger charge is -2.45. The predicted octanol–water partition coefficient (Wildman–Crippen LogP) is 2.32. The summed E-state index contributed by atoms with van der Waals surface area (Å²) in [4.78, 5) is 16.4. The normalized spacial score (nSPS) is 31.7. The molecule has 0 aromatic heterocycles. The zero-order valence-corrected chi connectivity index (χ0v) is 12.4. The molecule has 1 amide bonds. The molecule has 5 rings (SSSR count). The van der Waals surface area contributed by atoms with Crippen molar-refractivity contribution in [3.8, 4) is 0 Å². The summed E-state index contributed by atoms with van der Waals surface area (Å²) in [6, 6.07) is 8.94. The fourth-order valence-corrected chi connectivity index (χ4v) is 4.03. The summed E-state index contributed by atoms with van der Waals surface area (Å²) in [6.45, 7) is 4.57. The Hall–Kier alpha value is -1.55. The van der Waals surface area contributed by atoms with Crippen LogP contribution in [0.3, 0.4) is 0 Å². The minimum atomic E-state index is 0.259. The van der Waals surface area contributed by atoms with Crippen molar-refractivity contribution in [1.29, 1.82) is 0 Å². The van der Waals surface area contributed by atoms with Gasteiger partial charge in [0.2, 0.25) is 5.91 Å². The minimum absolute atomic E-state index is 0.259. The van der Waals surface area contributed by atoms with Crippen LogP contribution < -0.4 is 10.2 Å². The van der Waals surface area contributed by atoms with Gasteiger partial charge in [-0.05, 0) is 56.5 Å². The van der Waals surface area contributed by atoms with E-state index in [1.54, 1.807) is 0 Å². The van der Waals surface area contributed by atoms with Gasteiger partial charge in [-0.25, -0.2) is 0 Å². The average Bonchev–Trinajstić information content (AvgIpc) is 2.95. The quantitative estimate of drug-likeness (QED) is 0.926. The fourth-order valence-electron chi connectivity index (χ4n) is 4.03. The van der Waals surface area contributed by atoms with E-state index in [1.165, 1.54) is 25.9 Å². The van der Waals surface area contributed by atoms with Crippen molar-refractivity contribution in [3.05, 3.63) is 24.3 Å². The highest BCUT2D eigenvalue weighted by atomic mass is 16.2. The average molecular weight is 285 g/mol. The lowest BCUT2D eigenvalue weighted by atomic mass is 9.84. The van der Waals surface area contributed by atoms with Gasteiger partial charge < -0.3 is 15.1 Å². The standard InChI is InChI=1S/C17H23N3O/c21-17-5-2-8-20(17)15-4-1-3-14(11-15)18-16-12-19-9-6-13(16)7-10-19/h1,3-4,11,13,16,18H,2,5-10,12H2. The van der Waals surface area contributed by atoms with Crippen molar-refractivity contribution in [1.82, 2.24) is 4.90 Å². The molecule has 0 aliphatic carbocycles. The second-order valence-corrected chi connectivity index (χ2v) is 6.59. The number of hydrogen-bond acceptors (Lipinski definition) is 3. The van der Waals surface area contributed by atoms with Crippen LogP contribution >= 0.6 is 0 Å². The molecule has 0 spiro atoms. The summed E-state index contributed by atoms with van der Waals surface area (Å²) >= 11 is 0. The molecule has 1 N–H and O–H groups in total. The summed E-state index contributed by atoms with van der Waals surface area (Å²) in [7, 11) is 0. The van der Waals surface area contributed by atoms with Crippen LogP contribution in [0.2, 0.25) is 0 Å². The van der Waals surface area contributed by atoms with Crippen LogP contribution in [0.5, 0.6) is 0 Å². The van der Waals surface area contributed by atoms with Crippen molar-refractivity contribution in [3.63, 3.8) is 0 Å². The number of anilines is 2. The Morgan fingerprint density at radius 2 is 2.00 bits per heavy atom. The van der Waals surface area contributed by atoms with Crippen LogP contribution in [0.4, 0.5) is 11.4 Å². The first-order valence-corrected chi connectivity index (χ1v) is 8.19. The highest BCUT2D eigenvalue weighted by Crippen LogP contribution is 2.31. The molecule has 0 saturated carbocycles. The lowest BCUT2D eigenvalue weighted by molar-refractivity contribution is -0.117. The molecule has 1 aromatic carbocycles. The molecular weight excluding hydrogens is 262 g/mol. The molecule has 1 atom stereocenters. The van der Waals surface area contributed by atoms with E-state index < -0.39 is 0 Å². The number of nitrogens with zero attached hydrogens (tertiary/aromatic N) is 2. The minimum Gasteiger partial charge on any atom is -0.381 e. The van der Waals surface area contributed by atoms with Gasteiger partial charge in [-0.1, -0.05) is 6.07 Å². The summed E-state index contributed by atoms with van der Waals surface area (Å²) < 4.78 is 0. The summed E-state index contributed by atoms with van der Waals surface area (Å²) in [5, 5.41) is 3.71. The highest BCUT2D eigenvalue weighted by molar-refractivity contribution is 5.95. The van der Waals surface area contributed by atoms with Crippen molar-refractivity contribution >= 4 is 17.3 Å². The van der Waals surface area contributed by atoms with Crippen LogP contribution in [-0.2, 0) is 4.79 Å². The molecule has 112 valence electrons. The topological polar surface area (TPSA) is 35.6 Å². The van der Waals surface area contributed by atoms with E-state index in [1.807, 2.05) is 11.0 Å². The van der Waals surface area contributed by atoms with Crippen molar-refractivity contribution in [2.75, 3.05) is 36.4 Å². The number of carbonyl (C=O) groups is 1. The zero-order valence-electron chi connectivity index (χ0n) is 12.4. The van der Waals surface area contributed by atoms with Gasteiger partial charge in [-0.15, -0.1) is 0 Å². The second-order valence-electron chi connectivity index (χ2n) is 6.59. The third-order valence-electron chi connectivity index (χ3n) is 5.24. The second kappa shape index (κ2) is 5.34. The molecule has 4 fully saturated rings. The number of carbonyl (C=O) groups excluding carboxylic acids is 1. The molecule has 1 aromatic rings. The Kier molecular flexibility index (Phi) is 3.34. The first-order chi connectivity index (χ1) is 10.3. The molecular formula is C17H23N3O. The number of fused-ring (bicyclic) bond motifs is 3. The van der Waals surface area contributed by atoms with E-state index >= 15 is 0 Å². The van der Waals surface area contributed by atoms with Crippen molar-refractivity contribution in [2.45, 2.75) is 31.7 Å². The monoisotopic (exact) mass is 285 g/mol. The maximum Gasteiger partial charge on any atom is 0.227 e. The Bertz CT molecular complexity index is 537. The first-order valence-electron chi connectivity index (χ1n) is 8.19. The molecule has 4 aliphatic rings. The lowest BCUT2D eigenvalue weighted by Crippen LogP contribution is -2.53. The maximum atomic E-state index is 11.9. The number of benzene rings is 1. The van der Waals surface area contributed by atoms with E-state index in [4.69, 9.17) is 0 Å². The molecule has 0 radical (unpaired) electrons. The number of piperidine rings is 3. The highest BCUT2D eigenvalue weighted by Gasteiger charge is 2.34. The zero-order chi connectivity index (χ0) is 14.2. The molecule has 4 nitrogen and oxygen atoms in total. The number of rotatable bonds is 3. The Labute approximate surface area is 126 Å². The SMILES string of the molecule is O=C1CCCN1c1cccc(NC2CN3CCC2CC3)c1. The molecule has 4 heteroatoms. The van der Waals surface area contributed by atoms with Gasteiger partial charge in [0.05, 0.1) is 0 Å². The first kappa shape index (κ1) is 13.1. The smallest absolute Gasteiger partial charge is 0.227 e. The summed E-state index contributed by atoms with van der Waals surface area (Å²) in [5.41, 5.74) is 2.20. The van der Waals surface area contributed by atoms with Crippen molar-refractivity contribution in [2.24, 2.45) is 5.92 Å². The summed E-state index contributed by atoms with van der Waals surface area (Å²) in [5.74, 6) is 1.07. The van der Waals surface area contributed by atoms with Crippen LogP contribution in [-0.4, -0.2) is 43.0 Å². The van der Waals surface area contributed by atoms with Crippen molar-refractivity contribution < 1.29 is 4.79 Å². The largest absolute Gasteiger partial charge is 0.381 e. The Morgan fingerprint density at radius 1 is 1.14 bits per heavy atom. The van der Waals surface area contributed by atoms with E-state index in [2.05, 4.69) is 28.4 Å². The molecule has 4 aliphatic heterocycles. The molecule has 1 unspecified atom stereocenters.